The van der Waals surface area contributed by atoms with E-state index in [1.807, 2.05) is 58.0 Å². The molecule has 0 aliphatic heterocycles. The number of amides is 1. The van der Waals surface area contributed by atoms with Crippen molar-refractivity contribution in [3.05, 3.63) is 58.7 Å². The van der Waals surface area contributed by atoms with Crippen molar-refractivity contribution >= 4 is 23.4 Å². The number of phenols is 1. The smallest absolute Gasteiger partial charge is 0.266 e. The second-order valence-corrected chi connectivity index (χ2v) is 6.36. The number of carbonyl (C=O) groups excluding carboxylic acids is 1. The van der Waals surface area contributed by atoms with Crippen molar-refractivity contribution in [2.24, 2.45) is 0 Å². The van der Waals surface area contributed by atoms with Gasteiger partial charge in [0.2, 0.25) is 0 Å². The van der Waals surface area contributed by atoms with Crippen molar-refractivity contribution in [2.75, 3.05) is 23.3 Å². The predicted molar refractivity (Wildman–Crippen MR) is 110 cm³/mol. The molecular weight excluding hydrogens is 338 g/mol. The number of aromatic hydroxyl groups is 1. The van der Waals surface area contributed by atoms with E-state index in [0.717, 1.165) is 29.9 Å². The van der Waals surface area contributed by atoms with Gasteiger partial charge >= 0.3 is 0 Å². The number of anilines is 2. The van der Waals surface area contributed by atoms with Crippen molar-refractivity contribution in [3.63, 3.8) is 0 Å². The lowest BCUT2D eigenvalue weighted by molar-refractivity contribution is -0.112. The van der Waals surface area contributed by atoms with Crippen molar-refractivity contribution < 1.29 is 9.90 Å². The maximum atomic E-state index is 12.5. The van der Waals surface area contributed by atoms with Crippen LogP contribution in [0.2, 0.25) is 0 Å². The Hall–Kier alpha value is -3.26. The third kappa shape index (κ3) is 4.89. The van der Waals surface area contributed by atoms with Crippen LogP contribution in [0, 0.1) is 25.2 Å². The highest BCUT2D eigenvalue weighted by Gasteiger charge is 2.13. The summed E-state index contributed by atoms with van der Waals surface area (Å²) in [6.07, 6.45) is 1.40. The Balaban J connectivity index is 2.27. The summed E-state index contributed by atoms with van der Waals surface area (Å²) < 4.78 is 0. The summed E-state index contributed by atoms with van der Waals surface area (Å²) in [4.78, 5) is 14.6. The minimum absolute atomic E-state index is 0.0338. The number of nitrogens with zero attached hydrogens (tertiary/aromatic N) is 2. The zero-order valence-electron chi connectivity index (χ0n) is 16.2. The van der Waals surface area contributed by atoms with Gasteiger partial charge < -0.3 is 15.3 Å². The summed E-state index contributed by atoms with van der Waals surface area (Å²) in [7, 11) is 0. The van der Waals surface area contributed by atoms with E-state index in [2.05, 4.69) is 10.2 Å². The highest BCUT2D eigenvalue weighted by Crippen LogP contribution is 2.27. The Labute approximate surface area is 160 Å². The number of phenolic OH excluding ortho intramolecular Hbond substituents is 1. The number of nitriles is 1. The molecule has 0 fully saturated rings. The van der Waals surface area contributed by atoms with E-state index >= 15 is 0 Å². The number of aryl methyl sites for hydroxylation is 2. The summed E-state index contributed by atoms with van der Waals surface area (Å²) in [5.74, 6) is -0.469. The predicted octanol–water partition coefficient (Wildman–Crippen LogP) is 4.40. The summed E-state index contributed by atoms with van der Waals surface area (Å²) in [5, 5.41) is 22.5. The fourth-order valence-electron chi connectivity index (χ4n) is 2.89. The monoisotopic (exact) mass is 363 g/mol. The van der Waals surface area contributed by atoms with Gasteiger partial charge in [-0.1, -0.05) is 17.7 Å². The largest absolute Gasteiger partial charge is 0.507 e. The molecule has 140 valence electrons. The topological polar surface area (TPSA) is 76.4 Å². The van der Waals surface area contributed by atoms with Crippen molar-refractivity contribution in [1.82, 2.24) is 0 Å². The van der Waals surface area contributed by atoms with Crippen LogP contribution in [0.5, 0.6) is 5.75 Å². The molecule has 0 spiro atoms. The molecule has 2 rings (SSSR count). The molecule has 0 aliphatic carbocycles. The van der Waals surface area contributed by atoms with Crippen LogP contribution < -0.4 is 10.2 Å². The van der Waals surface area contributed by atoms with E-state index in [1.165, 1.54) is 6.08 Å². The van der Waals surface area contributed by atoms with Crippen LogP contribution in [-0.4, -0.2) is 24.1 Å². The third-order valence-corrected chi connectivity index (χ3v) is 4.44. The van der Waals surface area contributed by atoms with Gasteiger partial charge in [0.05, 0.1) is 0 Å². The van der Waals surface area contributed by atoms with Gasteiger partial charge in [0.25, 0.3) is 5.91 Å². The number of benzene rings is 2. The molecule has 0 bridgehead atoms. The Bertz CT molecular complexity index is 906. The number of nitrogens with one attached hydrogen (secondary N) is 1. The third-order valence-electron chi connectivity index (χ3n) is 4.44. The SMILES string of the molecule is CCN(CC)c1ccc(/C=C(\C#N)C(=O)Nc2ccc(C)cc2C)c(O)c1. The molecule has 2 aromatic carbocycles. The molecule has 2 aromatic rings. The first-order valence-electron chi connectivity index (χ1n) is 8.98. The van der Waals surface area contributed by atoms with Crippen molar-refractivity contribution in [2.45, 2.75) is 27.7 Å². The molecule has 0 aromatic heterocycles. The second-order valence-electron chi connectivity index (χ2n) is 6.36. The second kappa shape index (κ2) is 8.91. The molecule has 27 heavy (non-hydrogen) atoms. The van der Waals surface area contributed by atoms with Crippen LogP contribution in [0.25, 0.3) is 6.08 Å². The van der Waals surface area contributed by atoms with Crippen LogP contribution in [0.15, 0.2) is 42.0 Å². The number of hydrogen-bond donors (Lipinski definition) is 2. The van der Waals surface area contributed by atoms with Crippen LogP contribution in [0.1, 0.15) is 30.5 Å². The highest BCUT2D eigenvalue weighted by atomic mass is 16.3. The van der Waals surface area contributed by atoms with Gasteiger partial charge in [0, 0.05) is 36.1 Å². The van der Waals surface area contributed by atoms with Gasteiger partial charge in [-0.15, -0.1) is 0 Å². The van der Waals surface area contributed by atoms with E-state index in [0.29, 0.717) is 11.3 Å². The minimum atomic E-state index is -0.503. The van der Waals surface area contributed by atoms with Gasteiger partial charge in [-0.05, 0) is 57.5 Å². The first kappa shape index (κ1) is 20.1. The van der Waals surface area contributed by atoms with E-state index < -0.39 is 5.91 Å². The van der Waals surface area contributed by atoms with E-state index in [4.69, 9.17) is 0 Å². The summed E-state index contributed by atoms with van der Waals surface area (Å²) in [6, 6.07) is 12.8. The fourth-order valence-corrected chi connectivity index (χ4v) is 2.89. The highest BCUT2D eigenvalue weighted by molar-refractivity contribution is 6.10. The van der Waals surface area contributed by atoms with Gasteiger partial charge in [-0.3, -0.25) is 4.79 Å². The quantitative estimate of drug-likeness (QED) is 0.589. The van der Waals surface area contributed by atoms with Gasteiger partial charge in [-0.2, -0.15) is 5.26 Å². The summed E-state index contributed by atoms with van der Waals surface area (Å²) >= 11 is 0. The Morgan fingerprint density at radius 3 is 2.44 bits per heavy atom. The van der Waals surface area contributed by atoms with E-state index in [1.54, 1.807) is 12.1 Å². The first-order valence-corrected chi connectivity index (χ1v) is 8.98. The lowest BCUT2D eigenvalue weighted by Gasteiger charge is -2.21. The zero-order valence-corrected chi connectivity index (χ0v) is 16.2. The fraction of sp³-hybridized carbons (Fsp3) is 0.273. The lowest BCUT2D eigenvalue weighted by atomic mass is 10.1. The zero-order chi connectivity index (χ0) is 20.0. The van der Waals surface area contributed by atoms with Gasteiger partial charge in [0.15, 0.2) is 0 Å². The van der Waals surface area contributed by atoms with Gasteiger partial charge in [-0.25, -0.2) is 0 Å². The molecule has 2 N–H and O–H groups in total. The van der Waals surface area contributed by atoms with Gasteiger partial charge in [0.1, 0.15) is 17.4 Å². The summed E-state index contributed by atoms with van der Waals surface area (Å²) in [6.45, 7) is 9.61. The molecule has 5 nitrogen and oxygen atoms in total. The average molecular weight is 363 g/mol. The van der Waals surface area contributed by atoms with E-state index in [9.17, 15) is 15.2 Å². The van der Waals surface area contributed by atoms with Crippen molar-refractivity contribution in [3.8, 4) is 11.8 Å². The van der Waals surface area contributed by atoms with Crippen LogP contribution >= 0.6 is 0 Å². The molecule has 0 radical (unpaired) electrons. The van der Waals surface area contributed by atoms with Crippen LogP contribution in [-0.2, 0) is 4.79 Å². The van der Waals surface area contributed by atoms with Crippen LogP contribution in [0.4, 0.5) is 11.4 Å². The molecular formula is C22H25N3O2. The molecule has 0 atom stereocenters. The summed E-state index contributed by atoms with van der Waals surface area (Å²) in [5.41, 5.74) is 3.94. The molecule has 0 saturated heterocycles. The standard InChI is InChI=1S/C22H25N3O2/c1-5-25(6-2)19-9-8-17(21(26)13-19)12-18(14-23)22(27)24-20-10-7-15(3)11-16(20)4/h7-13,26H,5-6H2,1-4H3,(H,24,27)/b18-12+. The Morgan fingerprint density at radius 1 is 1.19 bits per heavy atom. The van der Waals surface area contributed by atoms with E-state index in [-0.39, 0.29) is 11.3 Å². The number of rotatable bonds is 6. The maximum Gasteiger partial charge on any atom is 0.266 e. The molecule has 5 heteroatoms. The van der Waals surface area contributed by atoms with Crippen molar-refractivity contribution in [1.29, 1.82) is 5.26 Å². The molecule has 1 amide bonds. The average Bonchev–Trinajstić information content (AvgIpc) is 2.64. The molecule has 0 unspecified atom stereocenters. The van der Waals surface area contributed by atoms with Crippen LogP contribution in [0.3, 0.4) is 0 Å². The number of carbonyl (C=O) groups is 1. The normalized spacial score (nSPS) is 11.0. The molecule has 0 aliphatic rings. The first-order chi connectivity index (χ1) is 12.9. The molecule has 0 heterocycles. The number of hydrogen-bond acceptors (Lipinski definition) is 4. The lowest BCUT2D eigenvalue weighted by Crippen LogP contribution is -2.21. The Kier molecular flexibility index (Phi) is 6.62. The maximum absolute atomic E-state index is 12.5. The Morgan fingerprint density at radius 2 is 1.89 bits per heavy atom. The minimum Gasteiger partial charge on any atom is -0.507 e. The molecule has 0 saturated carbocycles.